The lowest BCUT2D eigenvalue weighted by Gasteiger charge is -2.25. The monoisotopic (exact) mass is 346 g/mol. The van der Waals surface area contributed by atoms with Crippen molar-refractivity contribution in [3.05, 3.63) is 28.8 Å². The molecular weight excluding hydrogens is 324 g/mol. The van der Waals surface area contributed by atoms with E-state index in [0.717, 1.165) is 10.6 Å². The van der Waals surface area contributed by atoms with Gasteiger partial charge in [-0.15, -0.1) is 0 Å². The van der Waals surface area contributed by atoms with E-state index in [1.807, 2.05) is 20.8 Å². The Hall–Kier alpha value is -1.27. The minimum atomic E-state index is -3.58. The van der Waals surface area contributed by atoms with E-state index in [9.17, 15) is 13.2 Å². The molecule has 0 aliphatic carbocycles. The van der Waals surface area contributed by atoms with E-state index in [1.165, 1.54) is 0 Å². The number of halogens is 1. The van der Waals surface area contributed by atoms with Gasteiger partial charge < -0.3 is 5.32 Å². The maximum atomic E-state index is 12.1. The fourth-order valence-electron chi connectivity index (χ4n) is 1.88. The molecule has 1 aromatic rings. The lowest BCUT2D eigenvalue weighted by atomic mass is 10.1. The number of anilines is 1. The number of rotatable bonds is 6. The van der Waals surface area contributed by atoms with Gasteiger partial charge in [-0.25, -0.2) is 8.42 Å². The number of nitrogens with zero attached hydrogens (tertiary/aromatic N) is 1. The first-order valence-electron chi connectivity index (χ1n) is 7.05. The fourth-order valence-corrected chi connectivity index (χ4v) is 3.02. The predicted molar refractivity (Wildman–Crippen MR) is 90.8 cm³/mol. The maximum Gasteiger partial charge on any atom is 0.240 e. The van der Waals surface area contributed by atoms with Crippen LogP contribution < -0.4 is 9.62 Å². The van der Waals surface area contributed by atoms with Crippen molar-refractivity contribution in [2.45, 2.75) is 33.7 Å². The van der Waals surface area contributed by atoms with Gasteiger partial charge in [0.1, 0.15) is 6.54 Å². The SMILES string of the molecule is Cc1cc(Cl)ccc1N(CC(=O)N[C@@H](C)C(C)C)S(C)(=O)=O. The van der Waals surface area contributed by atoms with Gasteiger partial charge in [0, 0.05) is 11.1 Å². The summed E-state index contributed by atoms with van der Waals surface area (Å²) in [7, 11) is -3.58. The molecule has 7 heteroatoms. The summed E-state index contributed by atoms with van der Waals surface area (Å²) in [5.41, 5.74) is 1.15. The zero-order valence-corrected chi connectivity index (χ0v) is 15.1. The summed E-state index contributed by atoms with van der Waals surface area (Å²) in [6.45, 7) is 7.37. The quantitative estimate of drug-likeness (QED) is 0.860. The molecule has 1 rings (SSSR count). The first-order chi connectivity index (χ1) is 10.0. The second kappa shape index (κ2) is 7.33. The predicted octanol–water partition coefficient (Wildman–Crippen LogP) is 2.58. The van der Waals surface area contributed by atoms with E-state index in [1.54, 1.807) is 25.1 Å². The Morgan fingerprint density at radius 3 is 2.36 bits per heavy atom. The Kier molecular flexibility index (Phi) is 6.26. The molecule has 0 aliphatic rings. The number of carbonyl (C=O) groups excluding carboxylic acids is 1. The van der Waals surface area contributed by atoms with Crippen LogP contribution >= 0.6 is 11.6 Å². The number of hydrogen-bond acceptors (Lipinski definition) is 3. The summed E-state index contributed by atoms with van der Waals surface area (Å²) in [5.74, 6) is -0.0612. The number of hydrogen-bond donors (Lipinski definition) is 1. The zero-order valence-electron chi connectivity index (χ0n) is 13.6. The van der Waals surface area contributed by atoms with Crippen molar-refractivity contribution < 1.29 is 13.2 Å². The van der Waals surface area contributed by atoms with Crippen LogP contribution in [0.15, 0.2) is 18.2 Å². The molecule has 1 atom stereocenters. The van der Waals surface area contributed by atoms with Crippen molar-refractivity contribution in [3.63, 3.8) is 0 Å². The van der Waals surface area contributed by atoms with Crippen LogP contribution in [0.4, 0.5) is 5.69 Å². The highest BCUT2D eigenvalue weighted by molar-refractivity contribution is 7.92. The zero-order chi connectivity index (χ0) is 17.1. The van der Waals surface area contributed by atoms with Gasteiger partial charge in [0.2, 0.25) is 15.9 Å². The highest BCUT2D eigenvalue weighted by Gasteiger charge is 2.23. The molecule has 1 amide bonds. The summed E-state index contributed by atoms with van der Waals surface area (Å²) >= 11 is 5.90. The third-order valence-corrected chi connectivity index (χ3v) is 4.87. The van der Waals surface area contributed by atoms with Crippen LogP contribution in [0, 0.1) is 12.8 Å². The van der Waals surface area contributed by atoms with E-state index >= 15 is 0 Å². The summed E-state index contributed by atoms with van der Waals surface area (Å²) in [4.78, 5) is 12.1. The van der Waals surface area contributed by atoms with Gasteiger partial charge in [-0.2, -0.15) is 0 Å². The first kappa shape index (κ1) is 18.8. The topological polar surface area (TPSA) is 66.5 Å². The molecule has 0 fully saturated rings. The summed E-state index contributed by atoms with van der Waals surface area (Å²) < 4.78 is 25.2. The molecule has 22 heavy (non-hydrogen) atoms. The van der Waals surface area contributed by atoms with Gasteiger partial charge in [0.15, 0.2) is 0 Å². The van der Waals surface area contributed by atoms with Crippen LogP contribution in [0.1, 0.15) is 26.3 Å². The van der Waals surface area contributed by atoms with Gasteiger partial charge in [0.25, 0.3) is 0 Å². The molecule has 0 radical (unpaired) electrons. The molecule has 1 aromatic carbocycles. The maximum absolute atomic E-state index is 12.1. The fraction of sp³-hybridized carbons (Fsp3) is 0.533. The summed E-state index contributed by atoms with van der Waals surface area (Å²) in [6, 6.07) is 4.86. The molecule has 0 heterocycles. The second-order valence-electron chi connectivity index (χ2n) is 5.80. The number of benzene rings is 1. The van der Waals surface area contributed by atoms with E-state index in [4.69, 9.17) is 11.6 Å². The van der Waals surface area contributed by atoms with Crippen LogP contribution in [0.5, 0.6) is 0 Å². The Morgan fingerprint density at radius 1 is 1.32 bits per heavy atom. The minimum Gasteiger partial charge on any atom is -0.352 e. The van der Waals surface area contributed by atoms with E-state index in [0.29, 0.717) is 16.3 Å². The van der Waals surface area contributed by atoms with Gasteiger partial charge in [-0.3, -0.25) is 9.10 Å². The number of carbonyl (C=O) groups is 1. The molecule has 1 N–H and O–H groups in total. The highest BCUT2D eigenvalue weighted by atomic mass is 35.5. The molecule has 0 spiro atoms. The molecular formula is C15H23ClN2O3S. The standard InChI is InChI=1S/C15H23ClN2O3S/c1-10(2)12(4)17-15(19)9-18(22(5,20)21)14-7-6-13(16)8-11(14)3/h6-8,10,12H,9H2,1-5H3,(H,17,19)/t12-/m0/s1. The van der Waals surface area contributed by atoms with Gasteiger partial charge in [-0.05, 0) is 43.5 Å². The minimum absolute atomic E-state index is 0.0276. The van der Waals surface area contributed by atoms with Gasteiger partial charge >= 0.3 is 0 Å². The van der Waals surface area contributed by atoms with Crippen LogP contribution in [-0.2, 0) is 14.8 Å². The first-order valence-corrected chi connectivity index (χ1v) is 9.28. The largest absolute Gasteiger partial charge is 0.352 e. The summed E-state index contributed by atoms with van der Waals surface area (Å²) in [6.07, 6.45) is 1.08. The van der Waals surface area contributed by atoms with E-state index in [2.05, 4.69) is 5.32 Å². The number of sulfonamides is 1. The average molecular weight is 347 g/mol. The van der Waals surface area contributed by atoms with Gasteiger partial charge in [-0.1, -0.05) is 25.4 Å². The van der Waals surface area contributed by atoms with Crippen molar-refractivity contribution in [1.29, 1.82) is 0 Å². The third kappa shape index (κ3) is 5.18. The van der Waals surface area contributed by atoms with Gasteiger partial charge in [0.05, 0.1) is 11.9 Å². The molecule has 0 aliphatic heterocycles. The van der Waals surface area contributed by atoms with Crippen molar-refractivity contribution >= 4 is 33.2 Å². The summed E-state index contributed by atoms with van der Waals surface area (Å²) in [5, 5.41) is 3.33. The van der Waals surface area contributed by atoms with Crippen molar-refractivity contribution in [3.8, 4) is 0 Å². The molecule has 124 valence electrons. The number of aryl methyl sites for hydroxylation is 1. The van der Waals surface area contributed by atoms with Crippen molar-refractivity contribution in [2.75, 3.05) is 17.1 Å². The molecule has 5 nitrogen and oxygen atoms in total. The number of nitrogens with one attached hydrogen (secondary N) is 1. The molecule has 0 saturated carbocycles. The second-order valence-corrected chi connectivity index (χ2v) is 8.14. The average Bonchev–Trinajstić information content (AvgIpc) is 2.35. The Balaban J connectivity index is 3.03. The lowest BCUT2D eigenvalue weighted by Crippen LogP contribution is -2.44. The highest BCUT2D eigenvalue weighted by Crippen LogP contribution is 2.25. The molecule has 0 unspecified atom stereocenters. The Labute approximate surface area is 137 Å². The third-order valence-electron chi connectivity index (χ3n) is 3.50. The molecule has 0 aromatic heterocycles. The van der Waals surface area contributed by atoms with Crippen LogP contribution in [0.3, 0.4) is 0 Å². The normalized spacial score (nSPS) is 13.0. The molecule has 0 saturated heterocycles. The smallest absolute Gasteiger partial charge is 0.240 e. The van der Waals surface area contributed by atoms with Crippen LogP contribution in [0.25, 0.3) is 0 Å². The van der Waals surface area contributed by atoms with Crippen LogP contribution in [0.2, 0.25) is 5.02 Å². The van der Waals surface area contributed by atoms with E-state index in [-0.39, 0.29) is 24.4 Å². The van der Waals surface area contributed by atoms with Crippen molar-refractivity contribution in [1.82, 2.24) is 5.32 Å². The molecule has 0 bridgehead atoms. The van der Waals surface area contributed by atoms with E-state index < -0.39 is 10.0 Å². The Bertz CT molecular complexity index is 644. The number of amides is 1. The lowest BCUT2D eigenvalue weighted by molar-refractivity contribution is -0.120. The van der Waals surface area contributed by atoms with Crippen molar-refractivity contribution in [2.24, 2.45) is 5.92 Å². The Morgan fingerprint density at radius 2 is 1.91 bits per heavy atom. The van der Waals surface area contributed by atoms with Crippen LogP contribution in [-0.4, -0.2) is 33.2 Å².